The van der Waals surface area contributed by atoms with Crippen molar-refractivity contribution >= 4 is 55.0 Å². The fourth-order valence-electron chi connectivity index (χ4n) is 1.65. The predicted octanol–water partition coefficient (Wildman–Crippen LogP) is 4.13. The summed E-state index contributed by atoms with van der Waals surface area (Å²) in [5.41, 5.74) is 1.26. The van der Waals surface area contributed by atoms with Crippen LogP contribution in [0.3, 0.4) is 0 Å². The van der Waals surface area contributed by atoms with Crippen LogP contribution >= 0.6 is 43.2 Å². The lowest BCUT2D eigenvalue weighted by atomic mass is 10.3. The van der Waals surface area contributed by atoms with E-state index in [9.17, 15) is 0 Å². The zero-order valence-electron chi connectivity index (χ0n) is 10.7. The van der Waals surface area contributed by atoms with E-state index in [2.05, 4.69) is 63.5 Å². The van der Waals surface area contributed by atoms with Crippen LogP contribution in [0.1, 0.15) is 12.5 Å². The molecule has 7 heteroatoms. The molecule has 102 valence electrons. The normalized spacial score (nSPS) is 10.5. The summed E-state index contributed by atoms with van der Waals surface area (Å²) in [5.74, 6) is 1.53. The average molecular weight is 406 g/mol. The van der Waals surface area contributed by atoms with Gasteiger partial charge >= 0.3 is 0 Å². The van der Waals surface area contributed by atoms with Crippen LogP contribution in [0.4, 0.5) is 11.8 Å². The van der Waals surface area contributed by atoms with Gasteiger partial charge in [-0.3, -0.25) is 0 Å². The maximum Gasteiger partial charge on any atom is 0.224 e. The molecular weight excluding hydrogens is 392 g/mol. The van der Waals surface area contributed by atoms with Gasteiger partial charge in [-0.1, -0.05) is 0 Å². The van der Waals surface area contributed by atoms with Gasteiger partial charge in [-0.25, -0.2) is 4.98 Å². The highest BCUT2D eigenvalue weighted by Crippen LogP contribution is 2.27. The zero-order valence-corrected chi connectivity index (χ0v) is 14.6. The van der Waals surface area contributed by atoms with Crippen molar-refractivity contribution in [1.82, 2.24) is 9.97 Å². The first kappa shape index (κ1) is 14.7. The Hall–Kier alpha value is -0.660. The highest BCUT2D eigenvalue weighted by Gasteiger charge is 2.11. The second kappa shape index (κ2) is 6.67. The third kappa shape index (κ3) is 3.90. The Morgan fingerprint density at radius 2 is 2.21 bits per heavy atom. The standard InChI is InChI=1S/C12H14Br2N4S/c1-3-15-12-16-5-9(13)11(17-12)18(2)6-8-4-10(14)19-7-8/h4-5,7H,3,6H2,1-2H3,(H,15,16,17). The molecule has 4 nitrogen and oxygen atoms in total. The van der Waals surface area contributed by atoms with Gasteiger partial charge < -0.3 is 10.2 Å². The van der Waals surface area contributed by atoms with Crippen molar-refractivity contribution < 1.29 is 0 Å². The Morgan fingerprint density at radius 3 is 2.84 bits per heavy atom. The summed E-state index contributed by atoms with van der Waals surface area (Å²) < 4.78 is 2.04. The SMILES string of the molecule is CCNc1ncc(Br)c(N(C)Cc2csc(Br)c2)n1. The number of anilines is 2. The van der Waals surface area contributed by atoms with Crippen LogP contribution in [0, 0.1) is 0 Å². The Morgan fingerprint density at radius 1 is 1.42 bits per heavy atom. The molecule has 0 atom stereocenters. The summed E-state index contributed by atoms with van der Waals surface area (Å²) in [6.07, 6.45) is 1.78. The molecule has 2 aromatic rings. The van der Waals surface area contributed by atoms with E-state index in [1.54, 1.807) is 17.5 Å². The van der Waals surface area contributed by atoms with E-state index in [4.69, 9.17) is 0 Å². The van der Waals surface area contributed by atoms with E-state index in [-0.39, 0.29) is 0 Å². The number of hydrogen-bond acceptors (Lipinski definition) is 5. The fraction of sp³-hybridized carbons (Fsp3) is 0.333. The van der Waals surface area contributed by atoms with Crippen molar-refractivity contribution in [3.05, 3.63) is 31.5 Å². The molecule has 0 bridgehead atoms. The minimum absolute atomic E-state index is 0.652. The number of hydrogen-bond donors (Lipinski definition) is 1. The smallest absolute Gasteiger partial charge is 0.224 e. The molecule has 0 fully saturated rings. The molecule has 0 aliphatic heterocycles. The van der Waals surface area contributed by atoms with E-state index in [0.29, 0.717) is 5.95 Å². The van der Waals surface area contributed by atoms with E-state index >= 15 is 0 Å². The Bertz CT molecular complexity index is 558. The number of rotatable bonds is 5. The number of thiophene rings is 1. The van der Waals surface area contributed by atoms with Gasteiger partial charge in [0.05, 0.1) is 8.26 Å². The molecule has 0 saturated carbocycles. The van der Waals surface area contributed by atoms with Crippen molar-refractivity contribution in [1.29, 1.82) is 0 Å². The molecule has 2 heterocycles. The van der Waals surface area contributed by atoms with E-state index in [1.165, 1.54) is 5.56 Å². The molecule has 2 rings (SSSR count). The third-order valence-electron chi connectivity index (χ3n) is 2.46. The van der Waals surface area contributed by atoms with Crippen LogP contribution in [0.25, 0.3) is 0 Å². The number of aromatic nitrogens is 2. The number of nitrogens with zero attached hydrogens (tertiary/aromatic N) is 3. The first-order valence-electron chi connectivity index (χ1n) is 5.80. The van der Waals surface area contributed by atoms with Crippen LogP contribution in [-0.4, -0.2) is 23.6 Å². The van der Waals surface area contributed by atoms with Crippen LogP contribution < -0.4 is 10.2 Å². The Labute approximate surface area is 133 Å². The average Bonchev–Trinajstić information content (AvgIpc) is 2.77. The van der Waals surface area contributed by atoms with Crippen molar-refractivity contribution in [2.24, 2.45) is 0 Å². The van der Waals surface area contributed by atoms with Crippen molar-refractivity contribution in [2.75, 3.05) is 23.8 Å². The maximum absolute atomic E-state index is 4.51. The summed E-state index contributed by atoms with van der Waals surface area (Å²) in [7, 11) is 2.02. The number of nitrogens with one attached hydrogen (secondary N) is 1. The monoisotopic (exact) mass is 404 g/mol. The largest absolute Gasteiger partial charge is 0.354 e. The molecule has 1 N–H and O–H groups in total. The predicted molar refractivity (Wildman–Crippen MR) is 88.0 cm³/mol. The molecule has 0 unspecified atom stereocenters. The second-order valence-corrected chi connectivity index (χ2v) is 7.16. The Balaban J connectivity index is 2.17. The van der Waals surface area contributed by atoms with E-state index in [1.807, 2.05) is 14.0 Å². The molecule has 2 aromatic heterocycles. The lowest BCUT2D eigenvalue weighted by molar-refractivity contribution is 0.888. The molecule has 0 radical (unpaired) electrons. The fourth-order valence-corrected chi connectivity index (χ4v) is 3.34. The lowest BCUT2D eigenvalue weighted by Crippen LogP contribution is -2.19. The van der Waals surface area contributed by atoms with Gasteiger partial charge in [-0.2, -0.15) is 4.98 Å². The second-order valence-electron chi connectivity index (χ2n) is 4.01. The number of halogens is 2. The first-order valence-corrected chi connectivity index (χ1v) is 8.27. The van der Waals surface area contributed by atoms with Gasteiger partial charge in [-0.05, 0) is 55.8 Å². The lowest BCUT2D eigenvalue weighted by Gasteiger charge is -2.19. The zero-order chi connectivity index (χ0) is 13.8. The molecule has 0 aliphatic carbocycles. The van der Waals surface area contributed by atoms with Gasteiger partial charge in [0.15, 0.2) is 0 Å². The Kier molecular flexibility index (Phi) is 5.18. The first-order chi connectivity index (χ1) is 9.10. The molecule has 0 spiro atoms. The minimum atomic E-state index is 0.652. The van der Waals surface area contributed by atoms with Crippen LogP contribution in [-0.2, 0) is 6.54 Å². The summed E-state index contributed by atoms with van der Waals surface area (Å²) in [4.78, 5) is 10.8. The van der Waals surface area contributed by atoms with Gasteiger partial charge in [0, 0.05) is 26.3 Å². The van der Waals surface area contributed by atoms with Gasteiger partial charge in [-0.15, -0.1) is 11.3 Å². The summed E-state index contributed by atoms with van der Waals surface area (Å²) in [6, 6.07) is 2.13. The van der Waals surface area contributed by atoms with Crippen LogP contribution in [0.5, 0.6) is 0 Å². The van der Waals surface area contributed by atoms with Gasteiger partial charge in [0.2, 0.25) is 5.95 Å². The summed E-state index contributed by atoms with van der Waals surface area (Å²) in [5, 5.41) is 5.26. The van der Waals surface area contributed by atoms with Crippen molar-refractivity contribution in [3.8, 4) is 0 Å². The van der Waals surface area contributed by atoms with E-state index < -0.39 is 0 Å². The van der Waals surface area contributed by atoms with Crippen molar-refractivity contribution in [2.45, 2.75) is 13.5 Å². The molecular formula is C12H14Br2N4S. The summed E-state index contributed by atoms with van der Waals surface area (Å²) in [6.45, 7) is 3.64. The van der Waals surface area contributed by atoms with Gasteiger partial charge in [0.25, 0.3) is 0 Å². The molecule has 19 heavy (non-hydrogen) atoms. The van der Waals surface area contributed by atoms with Gasteiger partial charge in [0.1, 0.15) is 5.82 Å². The molecule has 0 aromatic carbocycles. The highest BCUT2D eigenvalue weighted by atomic mass is 79.9. The van der Waals surface area contributed by atoms with Crippen molar-refractivity contribution in [3.63, 3.8) is 0 Å². The van der Waals surface area contributed by atoms with E-state index in [0.717, 1.165) is 27.2 Å². The maximum atomic E-state index is 4.51. The molecule has 0 saturated heterocycles. The van der Waals surface area contributed by atoms with Crippen LogP contribution in [0.2, 0.25) is 0 Å². The van der Waals surface area contributed by atoms with Crippen LogP contribution in [0.15, 0.2) is 25.9 Å². The topological polar surface area (TPSA) is 41.1 Å². The highest BCUT2D eigenvalue weighted by molar-refractivity contribution is 9.11. The molecule has 0 aliphatic rings. The summed E-state index contributed by atoms with van der Waals surface area (Å²) >= 11 is 8.67. The quantitative estimate of drug-likeness (QED) is 0.811. The molecule has 0 amide bonds. The minimum Gasteiger partial charge on any atom is -0.354 e. The third-order valence-corrected chi connectivity index (χ3v) is 4.58.